The van der Waals surface area contributed by atoms with Gasteiger partial charge in [0.15, 0.2) is 5.82 Å². The van der Waals surface area contributed by atoms with Gasteiger partial charge in [-0.2, -0.15) is 9.78 Å². The van der Waals surface area contributed by atoms with Gasteiger partial charge in [0, 0.05) is 16.1 Å². The molecule has 0 saturated heterocycles. The molecule has 0 aliphatic rings. The van der Waals surface area contributed by atoms with Crippen molar-refractivity contribution in [3.63, 3.8) is 0 Å². The second-order valence-electron chi connectivity index (χ2n) is 6.35. The number of para-hydroxylation sites is 1. The topological polar surface area (TPSA) is 47.2 Å². The molecule has 0 fully saturated rings. The third-order valence-electron chi connectivity index (χ3n) is 4.34. The van der Waals surface area contributed by atoms with Gasteiger partial charge in [0.2, 0.25) is 0 Å². The first-order chi connectivity index (χ1) is 13.5. The summed E-state index contributed by atoms with van der Waals surface area (Å²) in [6, 6.07) is 20.1. The third kappa shape index (κ3) is 3.57. The Balaban J connectivity index is 1.93. The largest absolute Gasteiger partial charge is 0.282 e. The van der Waals surface area contributed by atoms with Gasteiger partial charge in [0.1, 0.15) is 0 Å². The monoisotopic (exact) mass is 407 g/mol. The van der Waals surface area contributed by atoms with E-state index in [4.69, 9.17) is 23.2 Å². The van der Waals surface area contributed by atoms with E-state index >= 15 is 0 Å². The molecular weight excluding hydrogens is 393 g/mol. The SMILES string of the molecule is Cc1ccc(-c2nc3ccccc3c(=O)n2N=Cc2ccc(Cl)cc2Cl)cc1. The van der Waals surface area contributed by atoms with Crippen molar-refractivity contribution in [2.75, 3.05) is 0 Å². The number of benzene rings is 3. The summed E-state index contributed by atoms with van der Waals surface area (Å²) in [6.07, 6.45) is 1.54. The summed E-state index contributed by atoms with van der Waals surface area (Å²) in [5.74, 6) is 0.463. The van der Waals surface area contributed by atoms with Crippen molar-refractivity contribution in [3.8, 4) is 11.4 Å². The quantitative estimate of drug-likeness (QED) is 0.417. The van der Waals surface area contributed by atoms with E-state index in [-0.39, 0.29) is 5.56 Å². The Morgan fingerprint density at radius 3 is 2.50 bits per heavy atom. The normalized spacial score (nSPS) is 11.4. The van der Waals surface area contributed by atoms with E-state index in [2.05, 4.69) is 10.1 Å². The van der Waals surface area contributed by atoms with Crippen molar-refractivity contribution in [2.24, 2.45) is 5.10 Å². The fourth-order valence-electron chi connectivity index (χ4n) is 2.85. The minimum absolute atomic E-state index is 0.248. The first-order valence-corrected chi connectivity index (χ1v) is 9.37. The van der Waals surface area contributed by atoms with Gasteiger partial charge in [-0.3, -0.25) is 4.79 Å². The van der Waals surface area contributed by atoms with Gasteiger partial charge < -0.3 is 0 Å². The fourth-order valence-corrected chi connectivity index (χ4v) is 3.30. The standard InChI is InChI=1S/C22H15Cl2N3O/c1-14-6-8-15(9-7-14)21-26-20-5-3-2-4-18(20)22(28)27(21)25-13-16-10-11-17(23)12-19(16)24/h2-13H,1H3. The van der Waals surface area contributed by atoms with Crippen LogP contribution in [-0.4, -0.2) is 15.9 Å². The van der Waals surface area contributed by atoms with Crippen LogP contribution >= 0.6 is 23.2 Å². The van der Waals surface area contributed by atoms with Crippen LogP contribution in [-0.2, 0) is 0 Å². The molecule has 0 aliphatic heterocycles. The van der Waals surface area contributed by atoms with E-state index in [0.29, 0.717) is 32.3 Å². The van der Waals surface area contributed by atoms with Crippen LogP contribution < -0.4 is 5.56 Å². The highest BCUT2D eigenvalue weighted by molar-refractivity contribution is 6.36. The van der Waals surface area contributed by atoms with Crippen LogP contribution in [0, 0.1) is 6.92 Å². The van der Waals surface area contributed by atoms with Gasteiger partial charge in [0.25, 0.3) is 5.56 Å². The molecule has 3 aromatic carbocycles. The molecule has 0 bridgehead atoms. The molecule has 0 radical (unpaired) electrons. The minimum atomic E-state index is -0.248. The van der Waals surface area contributed by atoms with Crippen molar-refractivity contribution in [2.45, 2.75) is 6.92 Å². The maximum Gasteiger partial charge on any atom is 0.282 e. The molecule has 28 heavy (non-hydrogen) atoms. The number of hydrogen-bond donors (Lipinski definition) is 0. The summed E-state index contributed by atoms with van der Waals surface area (Å²) in [5.41, 5.74) is 2.95. The maximum absolute atomic E-state index is 13.1. The molecule has 0 unspecified atom stereocenters. The molecule has 0 saturated carbocycles. The molecular formula is C22H15Cl2N3O. The van der Waals surface area contributed by atoms with Crippen LogP contribution in [0.15, 0.2) is 76.6 Å². The van der Waals surface area contributed by atoms with Crippen molar-refractivity contribution in [3.05, 3.63) is 98.3 Å². The summed E-state index contributed by atoms with van der Waals surface area (Å²) in [4.78, 5) is 17.8. The Morgan fingerprint density at radius 2 is 1.75 bits per heavy atom. The van der Waals surface area contributed by atoms with Gasteiger partial charge >= 0.3 is 0 Å². The molecule has 4 nitrogen and oxygen atoms in total. The zero-order valence-corrected chi connectivity index (χ0v) is 16.4. The molecule has 0 amide bonds. The van der Waals surface area contributed by atoms with E-state index in [1.54, 1.807) is 30.3 Å². The van der Waals surface area contributed by atoms with Crippen LogP contribution in [0.3, 0.4) is 0 Å². The Morgan fingerprint density at radius 1 is 1.00 bits per heavy atom. The summed E-state index contributed by atoms with van der Waals surface area (Å²) in [5, 5.41) is 5.89. The van der Waals surface area contributed by atoms with Crippen LogP contribution in [0.1, 0.15) is 11.1 Å². The molecule has 0 aliphatic carbocycles. The molecule has 138 valence electrons. The van der Waals surface area contributed by atoms with E-state index in [1.165, 1.54) is 10.9 Å². The van der Waals surface area contributed by atoms with Gasteiger partial charge in [-0.05, 0) is 31.2 Å². The first-order valence-electron chi connectivity index (χ1n) is 8.61. The van der Waals surface area contributed by atoms with Crippen molar-refractivity contribution < 1.29 is 0 Å². The zero-order chi connectivity index (χ0) is 19.7. The van der Waals surface area contributed by atoms with Gasteiger partial charge in [-0.1, -0.05) is 71.2 Å². The van der Waals surface area contributed by atoms with Gasteiger partial charge in [-0.25, -0.2) is 4.98 Å². The molecule has 1 aromatic heterocycles. The smallest absolute Gasteiger partial charge is 0.267 e. The van der Waals surface area contributed by atoms with E-state index in [1.807, 2.05) is 43.3 Å². The second kappa shape index (κ2) is 7.58. The summed E-state index contributed by atoms with van der Waals surface area (Å²) in [7, 11) is 0. The number of aryl methyl sites for hydroxylation is 1. The number of nitrogens with zero attached hydrogens (tertiary/aromatic N) is 3. The fraction of sp³-hybridized carbons (Fsp3) is 0.0455. The number of hydrogen-bond acceptors (Lipinski definition) is 3. The zero-order valence-electron chi connectivity index (χ0n) is 14.9. The molecule has 4 rings (SSSR count). The summed E-state index contributed by atoms with van der Waals surface area (Å²) in [6.45, 7) is 2.01. The average Bonchev–Trinajstić information content (AvgIpc) is 2.69. The molecule has 0 spiro atoms. The molecule has 4 aromatic rings. The van der Waals surface area contributed by atoms with E-state index in [0.717, 1.165) is 11.1 Å². The number of aromatic nitrogens is 2. The van der Waals surface area contributed by atoms with E-state index < -0.39 is 0 Å². The van der Waals surface area contributed by atoms with E-state index in [9.17, 15) is 4.79 Å². The first kappa shape index (κ1) is 18.4. The molecule has 0 N–H and O–H groups in total. The Hall–Kier alpha value is -2.95. The number of rotatable bonds is 3. The Labute approximate surface area is 171 Å². The molecule has 6 heteroatoms. The lowest BCUT2D eigenvalue weighted by Gasteiger charge is -2.10. The highest BCUT2D eigenvalue weighted by atomic mass is 35.5. The minimum Gasteiger partial charge on any atom is -0.267 e. The van der Waals surface area contributed by atoms with Gasteiger partial charge in [-0.15, -0.1) is 0 Å². The number of halogens is 2. The molecule has 1 heterocycles. The van der Waals surface area contributed by atoms with Gasteiger partial charge in [0.05, 0.1) is 22.1 Å². The lowest BCUT2D eigenvalue weighted by atomic mass is 10.1. The Bertz CT molecular complexity index is 1260. The van der Waals surface area contributed by atoms with Crippen molar-refractivity contribution in [1.82, 2.24) is 9.66 Å². The van der Waals surface area contributed by atoms with Crippen LogP contribution in [0.2, 0.25) is 10.0 Å². The van der Waals surface area contributed by atoms with Crippen LogP contribution in [0.5, 0.6) is 0 Å². The lowest BCUT2D eigenvalue weighted by Crippen LogP contribution is -2.20. The molecule has 0 atom stereocenters. The third-order valence-corrected chi connectivity index (χ3v) is 4.90. The average molecular weight is 408 g/mol. The summed E-state index contributed by atoms with van der Waals surface area (Å²) >= 11 is 12.2. The predicted octanol–water partition coefficient (Wildman–Crippen LogP) is 5.56. The van der Waals surface area contributed by atoms with Crippen LogP contribution in [0.4, 0.5) is 0 Å². The van der Waals surface area contributed by atoms with Crippen LogP contribution in [0.25, 0.3) is 22.3 Å². The predicted molar refractivity (Wildman–Crippen MR) is 116 cm³/mol. The highest BCUT2D eigenvalue weighted by Crippen LogP contribution is 2.21. The second-order valence-corrected chi connectivity index (χ2v) is 7.19. The number of fused-ring (bicyclic) bond motifs is 1. The lowest BCUT2D eigenvalue weighted by molar-refractivity contribution is 0.829. The maximum atomic E-state index is 13.1. The summed E-state index contributed by atoms with van der Waals surface area (Å²) < 4.78 is 1.30. The highest BCUT2D eigenvalue weighted by Gasteiger charge is 2.12. The Kier molecular flexibility index (Phi) is 4.99. The van der Waals surface area contributed by atoms with Crippen molar-refractivity contribution >= 4 is 40.3 Å². The van der Waals surface area contributed by atoms with Crippen molar-refractivity contribution in [1.29, 1.82) is 0 Å².